The van der Waals surface area contributed by atoms with Crippen molar-refractivity contribution >= 4 is 17.9 Å². The van der Waals surface area contributed by atoms with Crippen LogP contribution in [0.4, 0.5) is 0 Å². The Labute approximate surface area is 198 Å². The van der Waals surface area contributed by atoms with Gasteiger partial charge in [0.1, 0.15) is 12.2 Å². The van der Waals surface area contributed by atoms with Gasteiger partial charge in [-0.1, -0.05) is 37.1 Å². The third-order valence-electron chi connectivity index (χ3n) is 7.98. The molecule has 6 nitrogen and oxygen atoms in total. The zero-order chi connectivity index (χ0) is 24.2. The topological polar surface area (TPSA) is 78.9 Å². The van der Waals surface area contributed by atoms with E-state index < -0.39 is 0 Å². The van der Waals surface area contributed by atoms with Crippen LogP contribution in [0.5, 0.6) is 0 Å². The summed E-state index contributed by atoms with van der Waals surface area (Å²) in [6.45, 7) is 9.46. The Balaban J connectivity index is 1.74. The van der Waals surface area contributed by atoms with Gasteiger partial charge < -0.3 is 14.2 Å². The molecule has 0 heterocycles. The number of ether oxygens (including phenoxy) is 3. The maximum atomic E-state index is 11.5. The Bertz CT molecular complexity index is 785. The number of hydrogen-bond donors (Lipinski definition) is 0. The maximum absolute atomic E-state index is 11.5. The number of esters is 3. The van der Waals surface area contributed by atoms with Crippen LogP contribution in [0.25, 0.3) is 0 Å². The van der Waals surface area contributed by atoms with Crippen LogP contribution in [0.3, 0.4) is 0 Å². The number of fused-ring (bicyclic) bond motifs is 1. The summed E-state index contributed by atoms with van der Waals surface area (Å²) in [4.78, 5) is 34.3. The first kappa shape index (κ1) is 25.5. The summed E-state index contributed by atoms with van der Waals surface area (Å²) in [5.74, 6) is 0.644. The highest BCUT2D eigenvalue weighted by Gasteiger charge is 2.50. The normalized spacial score (nSPS) is 33.7. The number of rotatable bonds is 6. The monoisotopic (exact) mass is 460 g/mol. The second kappa shape index (κ2) is 10.9. The van der Waals surface area contributed by atoms with E-state index in [1.54, 1.807) is 0 Å². The summed E-state index contributed by atoms with van der Waals surface area (Å²) in [5.41, 5.74) is 2.89. The van der Waals surface area contributed by atoms with E-state index in [1.807, 2.05) is 0 Å². The molecule has 3 aliphatic carbocycles. The fourth-order valence-corrected chi connectivity index (χ4v) is 6.72. The lowest BCUT2D eigenvalue weighted by Gasteiger charge is -2.44. The van der Waals surface area contributed by atoms with Crippen LogP contribution in [0.2, 0.25) is 0 Å². The highest BCUT2D eigenvalue weighted by Crippen LogP contribution is 2.59. The SMILES string of the molecule is CC(=O)OC[C@@H](C)[C@H]1CC[C@H]2/C(=C\C=C3C[C@@H](OC(C)=O)C[C@H](OC(C)=O)C3)CCC[C@]12C. The van der Waals surface area contributed by atoms with Gasteiger partial charge >= 0.3 is 17.9 Å². The molecule has 0 amide bonds. The fourth-order valence-electron chi connectivity index (χ4n) is 6.72. The van der Waals surface area contributed by atoms with E-state index in [2.05, 4.69) is 26.0 Å². The summed E-state index contributed by atoms with van der Waals surface area (Å²) < 4.78 is 16.3. The van der Waals surface area contributed by atoms with Gasteiger partial charge in [-0.25, -0.2) is 0 Å². The molecule has 6 atom stereocenters. The predicted molar refractivity (Wildman–Crippen MR) is 125 cm³/mol. The molecule has 3 saturated carbocycles. The van der Waals surface area contributed by atoms with Crippen molar-refractivity contribution in [1.82, 2.24) is 0 Å². The van der Waals surface area contributed by atoms with Crippen LogP contribution < -0.4 is 0 Å². The second-order valence-corrected chi connectivity index (χ2v) is 10.5. The van der Waals surface area contributed by atoms with Gasteiger partial charge in [-0.2, -0.15) is 0 Å². The molecule has 184 valence electrons. The molecule has 3 fully saturated rings. The van der Waals surface area contributed by atoms with Gasteiger partial charge in [0.15, 0.2) is 0 Å². The molecule has 6 heteroatoms. The largest absolute Gasteiger partial charge is 0.466 e. The molecule has 0 radical (unpaired) electrons. The minimum atomic E-state index is -0.302. The van der Waals surface area contributed by atoms with Crippen molar-refractivity contribution in [3.05, 3.63) is 23.3 Å². The molecule has 0 unspecified atom stereocenters. The average molecular weight is 461 g/mol. The molecule has 0 bridgehead atoms. The van der Waals surface area contributed by atoms with E-state index in [9.17, 15) is 14.4 Å². The highest BCUT2D eigenvalue weighted by molar-refractivity contribution is 5.67. The lowest BCUT2D eigenvalue weighted by Crippen LogP contribution is -2.37. The van der Waals surface area contributed by atoms with Gasteiger partial charge in [0, 0.05) is 40.0 Å². The minimum Gasteiger partial charge on any atom is -0.466 e. The average Bonchev–Trinajstić information content (AvgIpc) is 3.07. The maximum Gasteiger partial charge on any atom is 0.302 e. The smallest absolute Gasteiger partial charge is 0.302 e. The third-order valence-corrected chi connectivity index (χ3v) is 7.98. The van der Waals surface area contributed by atoms with Gasteiger partial charge in [-0.3, -0.25) is 14.4 Å². The van der Waals surface area contributed by atoms with Crippen molar-refractivity contribution < 1.29 is 28.6 Å². The van der Waals surface area contributed by atoms with Crippen molar-refractivity contribution in [1.29, 1.82) is 0 Å². The number of carbonyl (C=O) groups excluding carboxylic acids is 3. The minimum absolute atomic E-state index is 0.205. The lowest BCUT2D eigenvalue weighted by atomic mass is 9.61. The van der Waals surface area contributed by atoms with Gasteiger partial charge in [0.05, 0.1) is 6.61 Å². The van der Waals surface area contributed by atoms with Crippen LogP contribution in [-0.2, 0) is 28.6 Å². The zero-order valence-corrected chi connectivity index (χ0v) is 20.9. The summed E-state index contributed by atoms with van der Waals surface area (Å²) >= 11 is 0. The molecular weight excluding hydrogens is 420 g/mol. The fraction of sp³-hybridized carbons (Fsp3) is 0.741. The molecule has 0 aromatic rings. The quantitative estimate of drug-likeness (QED) is 0.395. The summed E-state index contributed by atoms with van der Waals surface area (Å²) in [5, 5.41) is 0. The molecular formula is C27H40O6. The highest BCUT2D eigenvalue weighted by atomic mass is 16.6. The van der Waals surface area contributed by atoms with Crippen molar-refractivity contribution in [3.63, 3.8) is 0 Å². The molecule has 0 spiro atoms. The van der Waals surface area contributed by atoms with E-state index >= 15 is 0 Å². The Morgan fingerprint density at radius 1 is 1.00 bits per heavy atom. The first-order valence-electron chi connectivity index (χ1n) is 12.4. The van der Waals surface area contributed by atoms with Gasteiger partial charge in [0.25, 0.3) is 0 Å². The van der Waals surface area contributed by atoms with Crippen LogP contribution >= 0.6 is 0 Å². The molecule has 0 saturated heterocycles. The van der Waals surface area contributed by atoms with Crippen molar-refractivity contribution in [2.24, 2.45) is 23.2 Å². The molecule has 0 aromatic heterocycles. The number of allylic oxidation sites excluding steroid dienone is 3. The first-order valence-corrected chi connectivity index (χ1v) is 12.4. The zero-order valence-electron chi connectivity index (χ0n) is 20.9. The Morgan fingerprint density at radius 2 is 1.64 bits per heavy atom. The molecule has 3 rings (SSSR count). The molecule has 0 N–H and O–H groups in total. The molecule has 0 aromatic carbocycles. The van der Waals surface area contributed by atoms with E-state index in [0.29, 0.717) is 43.6 Å². The Kier molecular flexibility index (Phi) is 8.41. The van der Waals surface area contributed by atoms with Crippen LogP contribution in [0, 0.1) is 23.2 Å². The summed E-state index contributed by atoms with van der Waals surface area (Å²) in [7, 11) is 0. The number of hydrogen-bond acceptors (Lipinski definition) is 6. The van der Waals surface area contributed by atoms with E-state index in [0.717, 1.165) is 12.0 Å². The van der Waals surface area contributed by atoms with Gasteiger partial charge in [-0.05, 0) is 55.3 Å². The Hall–Kier alpha value is -2.11. The standard InChI is InChI=1S/C27H40O6/c1-17(16-31-18(2)28)25-10-11-26-22(7-6-12-27(25,26)5)9-8-21-13-23(32-19(3)29)15-24(14-21)33-20(4)30/h8-9,17,23-26H,6-7,10-16H2,1-5H3/b22-9-/t17-,23-,24-,25-,26+,27-/m1/s1. The first-order chi connectivity index (χ1) is 15.6. The van der Waals surface area contributed by atoms with Crippen molar-refractivity contribution in [2.45, 2.75) is 98.2 Å². The van der Waals surface area contributed by atoms with E-state index in [4.69, 9.17) is 14.2 Å². The molecule has 0 aliphatic heterocycles. The molecule has 3 aliphatic rings. The number of carbonyl (C=O) groups is 3. The van der Waals surface area contributed by atoms with Crippen molar-refractivity contribution in [2.75, 3.05) is 6.61 Å². The van der Waals surface area contributed by atoms with E-state index in [1.165, 1.54) is 52.0 Å². The molecule has 33 heavy (non-hydrogen) atoms. The second-order valence-electron chi connectivity index (χ2n) is 10.5. The van der Waals surface area contributed by atoms with Gasteiger partial charge in [0.2, 0.25) is 0 Å². The van der Waals surface area contributed by atoms with Gasteiger partial charge in [-0.15, -0.1) is 0 Å². The Morgan fingerprint density at radius 3 is 2.21 bits per heavy atom. The predicted octanol–water partition coefficient (Wildman–Crippen LogP) is 5.30. The van der Waals surface area contributed by atoms with Crippen LogP contribution in [0.1, 0.15) is 86.0 Å². The van der Waals surface area contributed by atoms with Crippen LogP contribution in [-0.4, -0.2) is 36.7 Å². The van der Waals surface area contributed by atoms with E-state index in [-0.39, 0.29) is 35.5 Å². The van der Waals surface area contributed by atoms with Crippen molar-refractivity contribution in [3.8, 4) is 0 Å². The van der Waals surface area contributed by atoms with Crippen LogP contribution in [0.15, 0.2) is 23.3 Å². The summed E-state index contributed by atoms with van der Waals surface area (Å²) in [6, 6.07) is 0. The summed E-state index contributed by atoms with van der Waals surface area (Å²) in [6.07, 6.45) is 11.7. The lowest BCUT2D eigenvalue weighted by molar-refractivity contribution is -0.154. The third kappa shape index (κ3) is 6.48.